The van der Waals surface area contributed by atoms with Gasteiger partial charge in [-0.15, -0.1) is 0 Å². The molecule has 5 heteroatoms. The predicted molar refractivity (Wildman–Crippen MR) is 79.5 cm³/mol. The average molecular weight is 286 g/mol. The number of carbonyl (C=O) groups excluding carboxylic acids is 1. The SMILES string of the molecule is CCCNC(=O)C(C)NC1CCOC2(CCSC2)C1. The van der Waals surface area contributed by atoms with Crippen molar-refractivity contribution in [2.24, 2.45) is 0 Å². The maximum atomic E-state index is 11.9. The van der Waals surface area contributed by atoms with Crippen LogP contribution in [0.1, 0.15) is 39.5 Å². The molecule has 2 saturated heterocycles. The fraction of sp³-hybridized carbons (Fsp3) is 0.929. The highest BCUT2D eigenvalue weighted by atomic mass is 32.2. The van der Waals surface area contributed by atoms with Crippen molar-refractivity contribution in [2.75, 3.05) is 24.7 Å². The monoisotopic (exact) mass is 286 g/mol. The summed E-state index contributed by atoms with van der Waals surface area (Å²) in [6.07, 6.45) is 4.20. The largest absolute Gasteiger partial charge is 0.374 e. The lowest BCUT2D eigenvalue weighted by atomic mass is 9.89. The van der Waals surface area contributed by atoms with Crippen LogP contribution in [0.5, 0.6) is 0 Å². The van der Waals surface area contributed by atoms with Gasteiger partial charge in [-0.05, 0) is 38.4 Å². The number of ether oxygens (including phenoxy) is 1. The summed E-state index contributed by atoms with van der Waals surface area (Å²) in [5.74, 6) is 2.43. The minimum absolute atomic E-state index is 0.0835. The van der Waals surface area contributed by atoms with E-state index >= 15 is 0 Å². The molecule has 0 aromatic rings. The Morgan fingerprint density at radius 1 is 1.58 bits per heavy atom. The van der Waals surface area contributed by atoms with Crippen molar-refractivity contribution >= 4 is 17.7 Å². The van der Waals surface area contributed by atoms with Crippen molar-refractivity contribution < 1.29 is 9.53 Å². The van der Waals surface area contributed by atoms with E-state index in [2.05, 4.69) is 17.6 Å². The van der Waals surface area contributed by atoms with Gasteiger partial charge in [0.2, 0.25) is 5.91 Å². The molecule has 2 heterocycles. The third-order valence-corrected chi connectivity index (χ3v) is 5.21. The summed E-state index contributed by atoms with van der Waals surface area (Å²) in [6, 6.07) is 0.301. The summed E-state index contributed by atoms with van der Waals surface area (Å²) in [7, 11) is 0. The zero-order valence-electron chi connectivity index (χ0n) is 12.0. The first-order valence-corrected chi connectivity index (χ1v) is 8.56. The second-order valence-corrected chi connectivity index (χ2v) is 6.81. The third-order valence-electron chi connectivity index (χ3n) is 3.99. The van der Waals surface area contributed by atoms with Gasteiger partial charge in [0.05, 0.1) is 11.6 Å². The van der Waals surface area contributed by atoms with Crippen LogP contribution in [0.4, 0.5) is 0 Å². The third kappa shape index (κ3) is 4.10. The molecule has 2 N–H and O–H groups in total. The summed E-state index contributed by atoms with van der Waals surface area (Å²) in [5, 5.41) is 6.42. The van der Waals surface area contributed by atoms with Crippen molar-refractivity contribution in [3.05, 3.63) is 0 Å². The maximum absolute atomic E-state index is 11.9. The number of hydrogen-bond acceptors (Lipinski definition) is 4. The van der Waals surface area contributed by atoms with Gasteiger partial charge in [-0.2, -0.15) is 11.8 Å². The Hall–Kier alpha value is -0.260. The molecule has 0 bridgehead atoms. The van der Waals surface area contributed by atoms with Crippen LogP contribution < -0.4 is 10.6 Å². The molecule has 1 amide bonds. The first-order valence-electron chi connectivity index (χ1n) is 7.41. The van der Waals surface area contributed by atoms with E-state index in [1.807, 2.05) is 18.7 Å². The summed E-state index contributed by atoms with van der Waals surface area (Å²) >= 11 is 1.99. The van der Waals surface area contributed by atoms with Gasteiger partial charge in [0.25, 0.3) is 0 Å². The topological polar surface area (TPSA) is 50.4 Å². The Morgan fingerprint density at radius 2 is 2.42 bits per heavy atom. The van der Waals surface area contributed by atoms with Gasteiger partial charge in [-0.3, -0.25) is 4.79 Å². The van der Waals surface area contributed by atoms with Crippen molar-refractivity contribution in [1.29, 1.82) is 0 Å². The highest BCUT2D eigenvalue weighted by molar-refractivity contribution is 7.99. The zero-order chi connectivity index (χ0) is 13.7. The zero-order valence-corrected chi connectivity index (χ0v) is 12.9. The lowest BCUT2D eigenvalue weighted by Gasteiger charge is -2.39. The second-order valence-electron chi connectivity index (χ2n) is 5.70. The van der Waals surface area contributed by atoms with Crippen molar-refractivity contribution in [3.8, 4) is 0 Å². The molecule has 0 saturated carbocycles. The van der Waals surface area contributed by atoms with Crippen LogP contribution in [0.3, 0.4) is 0 Å². The predicted octanol–water partition coefficient (Wildman–Crippen LogP) is 1.55. The van der Waals surface area contributed by atoms with Crippen molar-refractivity contribution in [2.45, 2.75) is 57.2 Å². The molecule has 19 heavy (non-hydrogen) atoms. The number of amides is 1. The summed E-state index contributed by atoms with van der Waals surface area (Å²) in [4.78, 5) is 11.9. The molecule has 1 spiro atoms. The number of hydrogen-bond donors (Lipinski definition) is 2. The van der Waals surface area contributed by atoms with E-state index in [0.717, 1.165) is 44.6 Å². The first-order chi connectivity index (χ1) is 9.15. The first kappa shape index (κ1) is 15.1. The molecule has 0 aromatic carbocycles. The van der Waals surface area contributed by atoms with E-state index in [4.69, 9.17) is 4.74 Å². The Morgan fingerprint density at radius 3 is 3.11 bits per heavy atom. The Labute approximate surface area is 120 Å². The highest BCUT2D eigenvalue weighted by Crippen LogP contribution is 2.38. The van der Waals surface area contributed by atoms with Crippen LogP contribution in [0, 0.1) is 0 Å². The van der Waals surface area contributed by atoms with E-state index in [1.165, 1.54) is 5.75 Å². The maximum Gasteiger partial charge on any atom is 0.236 e. The molecule has 2 aliphatic heterocycles. The van der Waals surface area contributed by atoms with Gasteiger partial charge in [-0.25, -0.2) is 0 Å². The van der Waals surface area contributed by atoms with Crippen molar-refractivity contribution in [1.82, 2.24) is 10.6 Å². The van der Waals surface area contributed by atoms with Gasteiger partial charge >= 0.3 is 0 Å². The molecule has 3 atom stereocenters. The fourth-order valence-corrected chi connectivity index (χ4v) is 4.24. The quantitative estimate of drug-likeness (QED) is 0.805. The van der Waals surface area contributed by atoms with E-state index in [-0.39, 0.29) is 17.6 Å². The van der Waals surface area contributed by atoms with Crippen LogP contribution >= 0.6 is 11.8 Å². The number of rotatable bonds is 5. The summed E-state index contributed by atoms with van der Waals surface area (Å²) in [6.45, 7) is 5.61. The minimum Gasteiger partial charge on any atom is -0.374 e. The fourth-order valence-electron chi connectivity index (χ4n) is 2.86. The summed E-state index contributed by atoms with van der Waals surface area (Å²) in [5.41, 5.74) is 0.0835. The van der Waals surface area contributed by atoms with Crippen LogP contribution in [0.15, 0.2) is 0 Å². The second kappa shape index (κ2) is 6.95. The van der Waals surface area contributed by atoms with Crippen LogP contribution in [0.2, 0.25) is 0 Å². The summed E-state index contributed by atoms with van der Waals surface area (Å²) < 4.78 is 6.00. The standard InChI is InChI=1S/C14H26N2O2S/c1-3-6-15-13(17)11(2)16-12-4-7-18-14(9-12)5-8-19-10-14/h11-12,16H,3-10H2,1-2H3,(H,15,17). The lowest BCUT2D eigenvalue weighted by Crippen LogP contribution is -2.52. The molecule has 0 aliphatic carbocycles. The Bertz CT molecular complexity index is 306. The lowest BCUT2D eigenvalue weighted by molar-refractivity contribution is -0.123. The number of carbonyl (C=O) groups is 1. The molecular weight excluding hydrogens is 260 g/mol. The molecule has 2 fully saturated rings. The Kier molecular flexibility index (Phi) is 5.54. The number of thioether (sulfide) groups is 1. The van der Waals surface area contributed by atoms with Gasteiger partial charge in [-0.1, -0.05) is 6.92 Å². The van der Waals surface area contributed by atoms with Crippen LogP contribution in [0.25, 0.3) is 0 Å². The molecule has 0 aromatic heterocycles. The van der Waals surface area contributed by atoms with Gasteiger partial charge in [0, 0.05) is 24.9 Å². The van der Waals surface area contributed by atoms with Gasteiger partial charge in [0.15, 0.2) is 0 Å². The molecule has 110 valence electrons. The van der Waals surface area contributed by atoms with E-state index < -0.39 is 0 Å². The number of nitrogens with one attached hydrogen (secondary N) is 2. The minimum atomic E-state index is -0.110. The van der Waals surface area contributed by atoms with E-state index in [1.54, 1.807) is 0 Å². The molecule has 2 aliphatic rings. The normalized spacial score (nSPS) is 32.4. The Balaban J connectivity index is 1.80. The molecular formula is C14H26N2O2S. The highest BCUT2D eigenvalue weighted by Gasteiger charge is 2.40. The average Bonchev–Trinajstić information content (AvgIpc) is 2.83. The van der Waals surface area contributed by atoms with Crippen LogP contribution in [-0.2, 0) is 9.53 Å². The van der Waals surface area contributed by atoms with Crippen molar-refractivity contribution in [3.63, 3.8) is 0 Å². The van der Waals surface area contributed by atoms with E-state index in [0.29, 0.717) is 6.04 Å². The van der Waals surface area contributed by atoms with Crippen LogP contribution in [-0.4, -0.2) is 48.2 Å². The molecule has 4 nitrogen and oxygen atoms in total. The molecule has 3 unspecified atom stereocenters. The van der Waals surface area contributed by atoms with Gasteiger partial charge < -0.3 is 15.4 Å². The molecule has 0 radical (unpaired) electrons. The smallest absolute Gasteiger partial charge is 0.236 e. The molecule has 2 rings (SSSR count). The van der Waals surface area contributed by atoms with Gasteiger partial charge in [0.1, 0.15) is 0 Å². The van der Waals surface area contributed by atoms with E-state index in [9.17, 15) is 4.79 Å².